The molecule has 0 aromatic heterocycles. The van der Waals surface area contributed by atoms with Gasteiger partial charge in [-0.1, -0.05) is 0 Å². The fraction of sp³-hybridized carbons (Fsp3) is 0.250. The molecule has 0 amide bonds. The molecular formula is C8H7BrF2O. The Bertz CT molecular complexity index is 299. The van der Waals surface area contributed by atoms with Gasteiger partial charge < -0.3 is 5.11 Å². The van der Waals surface area contributed by atoms with Crippen LogP contribution in [0.2, 0.25) is 0 Å². The molecule has 0 aliphatic rings. The van der Waals surface area contributed by atoms with Gasteiger partial charge in [0.1, 0.15) is 11.6 Å². The van der Waals surface area contributed by atoms with E-state index in [0.29, 0.717) is 0 Å². The standard InChI is InChI=1S/C8H7BrF2O/c1-4(12)5-2-8(11)6(9)3-7(5)10/h2-4,12H,1H3. The van der Waals surface area contributed by atoms with E-state index in [2.05, 4.69) is 15.9 Å². The van der Waals surface area contributed by atoms with Gasteiger partial charge in [-0.3, -0.25) is 0 Å². The lowest BCUT2D eigenvalue weighted by Gasteiger charge is -2.06. The van der Waals surface area contributed by atoms with E-state index in [1.165, 1.54) is 6.92 Å². The second kappa shape index (κ2) is 3.49. The van der Waals surface area contributed by atoms with Crippen molar-refractivity contribution in [1.82, 2.24) is 0 Å². The quantitative estimate of drug-likeness (QED) is 0.744. The Labute approximate surface area is 77.2 Å². The van der Waals surface area contributed by atoms with E-state index >= 15 is 0 Å². The number of aliphatic hydroxyl groups excluding tert-OH is 1. The molecule has 0 aliphatic carbocycles. The average Bonchev–Trinajstić information content (AvgIpc) is 1.96. The van der Waals surface area contributed by atoms with Crippen LogP contribution in [-0.4, -0.2) is 5.11 Å². The maximum atomic E-state index is 12.9. The van der Waals surface area contributed by atoms with Crippen LogP contribution in [0.1, 0.15) is 18.6 Å². The predicted octanol–water partition coefficient (Wildman–Crippen LogP) is 2.78. The van der Waals surface area contributed by atoms with Gasteiger partial charge in [-0.05, 0) is 35.0 Å². The van der Waals surface area contributed by atoms with Gasteiger partial charge in [0.2, 0.25) is 0 Å². The zero-order valence-electron chi connectivity index (χ0n) is 6.31. The molecule has 0 spiro atoms. The molecule has 1 aromatic rings. The maximum absolute atomic E-state index is 12.9. The van der Waals surface area contributed by atoms with Crippen molar-refractivity contribution in [3.8, 4) is 0 Å². The van der Waals surface area contributed by atoms with E-state index < -0.39 is 17.7 Å². The SMILES string of the molecule is CC(O)c1cc(F)c(Br)cc1F. The van der Waals surface area contributed by atoms with Crippen LogP contribution in [-0.2, 0) is 0 Å². The summed E-state index contributed by atoms with van der Waals surface area (Å²) in [5.41, 5.74) is -0.0318. The summed E-state index contributed by atoms with van der Waals surface area (Å²) in [6, 6.07) is 1.97. The molecule has 1 nitrogen and oxygen atoms in total. The Morgan fingerprint density at radius 3 is 2.42 bits per heavy atom. The fourth-order valence-electron chi connectivity index (χ4n) is 0.858. The van der Waals surface area contributed by atoms with Crippen LogP contribution in [0.5, 0.6) is 0 Å². The summed E-state index contributed by atoms with van der Waals surface area (Å²) in [5, 5.41) is 9.00. The van der Waals surface area contributed by atoms with Crippen LogP contribution in [0.15, 0.2) is 16.6 Å². The van der Waals surface area contributed by atoms with Crippen molar-refractivity contribution in [2.45, 2.75) is 13.0 Å². The van der Waals surface area contributed by atoms with E-state index in [1.807, 2.05) is 0 Å². The second-order valence-electron chi connectivity index (χ2n) is 2.46. The highest BCUT2D eigenvalue weighted by Gasteiger charge is 2.11. The molecule has 0 aliphatic heterocycles. The molecule has 66 valence electrons. The minimum absolute atomic E-state index is 0.0318. The predicted molar refractivity (Wildman–Crippen MR) is 44.7 cm³/mol. The van der Waals surface area contributed by atoms with Crippen molar-refractivity contribution < 1.29 is 13.9 Å². The van der Waals surface area contributed by atoms with Crippen molar-refractivity contribution >= 4 is 15.9 Å². The Balaban J connectivity index is 3.23. The van der Waals surface area contributed by atoms with Gasteiger partial charge in [0.25, 0.3) is 0 Å². The largest absolute Gasteiger partial charge is 0.389 e. The highest BCUT2D eigenvalue weighted by atomic mass is 79.9. The van der Waals surface area contributed by atoms with Crippen LogP contribution in [0, 0.1) is 11.6 Å². The number of benzene rings is 1. The van der Waals surface area contributed by atoms with Crippen LogP contribution in [0.25, 0.3) is 0 Å². The van der Waals surface area contributed by atoms with E-state index in [0.717, 1.165) is 12.1 Å². The molecule has 0 saturated heterocycles. The van der Waals surface area contributed by atoms with Crippen molar-refractivity contribution in [1.29, 1.82) is 0 Å². The van der Waals surface area contributed by atoms with Gasteiger partial charge in [-0.15, -0.1) is 0 Å². The third kappa shape index (κ3) is 1.81. The Hall–Kier alpha value is -0.480. The van der Waals surface area contributed by atoms with Crippen molar-refractivity contribution in [2.75, 3.05) is 0 Å². The van der Waals surface area contributed by atoms with Crippen molar-refractivity contribution in [3.63, 3.8) is 0 Å². The lowest BCUT2D eigenvalue weighted by molar-refractivity contribution is 0.193. The van der Waals surface area contributed by atoms with Crippen molar-refractivity contribution in [2.24, 2.45) is 0 Å². The van der Waals surface area contributed by atoms with Gasteiger partial charge in [-0.2, -0.15) is 0 Å². The highest BCUT2D eigenvalue weighted by molar-refractivity contribution is 9.10. The summed E-state index contributed by atoms with van der Waals surface area (Å²) < 4.78 is 25.8. The lowest BCUT2D eigenvalue weighted by Crippen LogP contribution is -1.97. The molecule has 0 radical (unpaired) electrons. The number of aliphatic hydroxyl groups is 1. The monoisotopic (exact) mass is 236 g/mol. The molecule has 4 heteroatoms. The first-order valence-electron chi connectivity index (χ1n) is 3.35. The van der Waals surface area contributed by atoms with Gasteiger partial charge in [0, 0.05) is 5.56 Å². The summed E-state index contributed by atoms with van der Waals surface area (Å²) in [5.74, 6) is -1.19. The molecule has 1 rings (SSSR count). The Kier molecular flexibility index (Phi) is 2.80. The third-order valence-corrected chi connectivity index (χ3v) is 2.10. The molecule has 0 saturated carbocycles. The lowest BCUT2D eigenvalue weighted by atomic mass is 10.1. The molecule has 1 atom stereocenters. The summed E-state index contributed by atoms with van der Waals surface area (Å²) in [6.45, 7) is 1.38. The van der Waals surface area contributed by atoms with Crippen LogP contribution in [0.3, 0.4) is 0 Å². The normalized spacial score (nSPS) is 13.1. The Morgan fingerprint density at radius 1 is 1.33 bits per heavy atom. The number of halogens is 3. The minimum Gasteiger partial charge on any atom is -0.389 e. The molecule has 0 bridgehead atoms. The number of hydrogen-bond donors (Lipinski definition) is 1. The Morgan fingerprint density at radius 2 is 1.92 bits per heavy atom. The van der Waals surface area contributed by atoms with Gasteiger partial charge >= 0.3 is 0 Å². The first-order chi connectivity index (χ1) is 5.52. The topological polar surface area (TPSA) is 20.2 Å². The van der Waals surface area contributed by atoms with E-state index in [1.54, 1.807) is 0 Å². The highest BCUT2D eigenvalue weighted by Crippen LogP contribution is 2.23. The number of rotatable bonds is 1. The average molecular weight is 237 g/mol. The second-order valence-corrected chi connectivity index (χ2v) is 3.32. The smallest absolute Gasteiger partial charge is 0.137 e. The molecule has 1 N–H and O–H groups in total. The molecule has 1 aromatic carbocycles. The van der Waals surface area contributed by atoms with Crippen LogP contribution < -0.4 is 0 Å². The van der Waals surface area contributed by atoms with Gasteiger partial charge in [-0.25, -0.2) is 8.78 Å². The fourth-order valence-corrected chi connectivity index (χ4v) is 1.17. The summed E-state index contributed by atoms with van der Waals surface area (Å²) in [7, 11) is 0. The van der Waals surface area contributed by atoms with Gasteiger partial charge in [0.15, 0.2) is 0 Å². The molecule has 0 heterocycles. The zero-order valence-corrected chi connectivity index (χ0v) is 7.90. The van der Waals surface area contributed by atoms with Gasteiger partial charge in [0.05, 0.1) is 10.6 Å². The first kappa shape index (κ1) is 9.61. The molecule has 1 unspecified atom stereocenters. The minimum atomic E-state index is -0.993. The third-order valence-electron chi connectivity index (χ3n) is 1.49. The van der Waals surface area contributed by atoms with E-state index in [9.17, 15) is 8.78 Å². The summed E-state index contributed by atoms with van der Waals surface area (Å²) in [4.78, 5) is 0. The summed E-state index contributed by atoms with van der Waals surface area (Å²) >= 11 is 2.83. The van der Waals surface area contributed by atoms with E-state index in [-0.39, 0.29) is 10.0 Å². The summed E-state index contributed by atoms with van der Waals surface area (Å²) in [6.07, 6.45) is -0.993. The molecule has 12 heavy (non-hydrogen) atoms. The zero-order chi connectivity index (χ0) is 9.30. The van der Waals surface area contributed by atoms with Crippen LogP contribution in [0.4, 0.5) is 8.78 Å². The van der Waals surface area contributed by atoms with E-state index in [4.69, 9.17) is 5.11 Å². The number of hydrogen-bond acceptors (Lipinski definition) is 1. The van der Waals surface area contributed by atoms with Crippen LogP contribution >= 0.6 is 15.9 Å². The van der Waals surface area contributed by atoms with Crippen molar-refractivity contribution in [3.05, 3.63) is 33.8 Å². The molecule has 0 fully saturated rings. The molecular weight excluding hydrogens is 230 g/mol. The maximum Gasteiger partial charge on any atom is 0.137 e. The first-order valence-corrected chi connectivity index (χ1v) is 4.14.